The second kappa shape index (κ2) is 5.44. The van der Waals surface area contributed by atoms with E-state index in [4.69, 9.17) is 0 Å². The first-order valence-electron chi connectivity index (χ1n) is 7.01. The zero-order chi connectivity index (χ0) is 15.9. The van der Waals surface area contributed by atoms with Crippen molar-refractivity contribution in [3.8, 4) is 0 Å². The van der Waals surface area contributed by atoms with Gasteiger partial charge in [-0.25, -0.2) is 13.2 Å². The van der Waals surface area contributed by atoms with Gasteiger partial charge >= 0.3 is 0 Å². The number of carbonyl (C=O) groups excluding carboxylic acids is 1. The molecule has 0 bridgehead atoms. The van der Waals surface area contributed by atoms with Crippen molar-refractivity contribution in [3.63, 3.8) is 0 Å². The largest absolute Gasteiger partial charge is 0.289 e. The van der Waals surface area contributed by atoms with Crippen LogP contribution in [0.15, 0.2) is 42.0 Å². The molecule has 1 nitrogen and oxygen atoms in total. The van der Waals surface area contributed by atoms with Crippen LogP contribution in [0.5, 0.6) is 0 Å². The molecule has 0 fully saturated rings. The van der Waals surface area contributed by atoms with Crippen molar-refractivity contribution in [1.29, 1.82) is 0 Å². The zero-order valence-corrected chi connectivity index (χ0v) is 11.9. The normalized spacial score (nSPS) is 14.3. The molecule has 0 spiro atoms. The van der Waals surface area contributed by atoms with E-state index in [-0.39, 0.29) is 22.5 Å². The Morgan fingerprint density at radius 1 is 0.955 bits per heavy atom. The molecule has 0 atom stereocenters. The predicted octanol–water partition coefficient (Wildman–Crippen LogP) is 4.71. The lowest BCUT2D eigenvalue weighted by molar-refractivity contribution is 0.105. The van der Waals surface area contributed by atoms with Crippen LogP contribution in [0, 0.1) is 17.5 Å². The summed E-state index contributed by atoms with van der Waals surface area (Å²) in [6.07, 6.45) is 1.06. The standard InChI is InChI=1S/C18H13F3O/c1-2-10-5-11-3-4-13(19)9-16(11)18(22)17(10)12-6-14(20)8-15(21)7-12/h3-4,6-9H,2,5H2,1H3. The molecule has 2 aromatic carbocycles. The van der Waals surface area contributed by atoms with E-state index in [0.29, 0.717) is 12.8 Å². The number of benzene rings is 2. The minimum Gasteiger partial charge on any atom is -0.289 e. The lowest BCUT2D eigenvalue weighted by Crippen LogP contribution is -2.16. The molecule has 2 aromatic rings. The fourth-order valence-electron chi connectivity index (χ4n) is 2.86. The Labute approximate surface area is 126 Å². The highest BCUT2D eigenvalue weighted by atomic mass is 19.1. The molecular weight excluding hydrogens is 289 g/mol. The summed E-state index contributed by atoms with van der Waals surface area (Å²) in [5.41, 5.74) is 2.28. The minimum atomic E-state index is -0.740. The molecule has 0 aromatic heterocycles. The number of carbonyl (C=O) groups is 1. The van der Waals surface area contributed by atoms with Crippen molar-refractivity contribution in [3.05, 3.63) is 76.1 Å². The van der Waals surface area contributed by atoms with Gasteiger partial charge in [0.25, 0.3) is 0 Å². The highest BCUT2D eigenvalue weighted by Crippen LogP contribution is 2.34. The maximum absolute atomic E-state index is 13.5. The second-order valence-corrected chi connectivity index (χ2v) is 5.30. The number of halogens is 3. The van der Waals surface area contributed by atoms with Gasteiger partial charge in [0.2, 0.25) is 0 Å². The molecule has 112 valence electrons. The van der Waals surface area contributed by atoms with Crippen LogP contribution in [-0.2, 0) is 6.42 Å². The number of hydrogen-bond acceptors (Lipinski definition) is 1. The SMILES string of the molecule is CCC1=C(c2cc(F)cc(F)c2)C(=O)c2cc(F)ccc2C1. The van der Waals surface area contributed by atoms with Crippen molar-refractivity contribution >= 4 is 11.4 Å². The van der Waals surface area contributed by atoms with E-state index in [1.807, 2.05) is 6.92 Å². The zero-order valence-electron chi connectivity index (χ0n) is 11.9. The summed E-state index contributed by atoms with van der Waals surface area (Å²) in [5.74, 6) is -2.37. The summed E-state index contributed by atoms with van der Waals surface area (Å²) in [6.45, 7) is 1.88. The molecule has 0 aliphatic heterocycles. The first-order chi connectivity index (χ1) is 10.5. The highest BCUT2D eigenvalue weighted by molar-refractivity contribution is 6.31. The third-order valence-corrected chi connectivity index (χ3v) is 3.88. The van der Waals surface area contributed by atoms with Gasteiger partial charge in [-0.15, -0.1) is 0 Å². The van der Waals surface area contributed by atoms with E-state index >= 15 is 0 Å². The first-order valence-corrected chi connectivity index (χ1v) is 7.01. The van der Waals surface area contributed by atoms with Crippen LogP contribution in [0.3, 0.4) is 0 Å². The van der Waals surface area contributed by atoms with Crippen molar-refractivity contribution in [1.82, 2.24) is 0 Å². The Kier molecular flexibility index (Phi) is 3.61. The predicted molar refractivity (Wildman–Crippen MR) is 78.0 cm³/mol. The fraction of sp³-hybridized carbons (Fsp3) is 0.167. The lowest BCUT2D eigenvalue weighted by atomic mass is 9.81. The number of hydrogen-bond donors (Lipinski definition) is 0. The number of allylic oxidation sites excluding steroid dienone is 2. The van der Waals surface area contributed by atoms with E-state index in [9.17, 15) is 18.0 Å². The average Bonchev–Trinajstić information content (AvgIpc) is 2.46. The Morgan fingerprint density at radius 3 is 2.27 bits per heavy atom. The quantitative estimate of drug-likeness (QED) is 0.785. The molecule has 4 heteroatoms. The van der Waals surface area contributed by atoms with E-state index in [1.165, 1.54) is 12.1 Å². The lowest BCUT2D eigenvalue weighted by Gasteiger charge is -2.22. The van der Waals surface area contributed by atoms with Crippen LogP contribution in [0.2, 0.25) is 0 Å². The van der Waals surface area contributed by atoms with Crippen LogP contribution < -0.4 is 0 Å². The van der Waals surface area contributed by atoms with Gasteiger partial charge in [0.05, 0.1) is 0 Å². The molecule has 0 amide bonds. The number of rotatable bonds is 2. The molecule has 0 unspecified atom stereocenters. The van der Waals surface area contributed by atoms with E-state index in [2.05, 4.69) is 0 Å². The maximum Gasteiger partial charge on any atom is 0.193 e. The Balaban J connectivity index is 2.20. The first kappa shape index (κ1) is 14.6. The molecule has 1 aliphatic rings. The van der Waals surface area contributed by atoms with Gasteiger partial charge in [0.1, 0.15) is 17.5 Å². The molecule has 3 rings (SSSR count). The maximum atomic E-state index is 13.5. The third-order valence-electron chi connectivity index (χ3n) is 3.88. The van der Waals surface area contributed by atoms with Gasteiger partial charge in [0.15, 0.2) is 5.78 Å². The summed E-state index contributed by atoms with van der Waals surface area (Å²) in [6, 6.07) is 7.11. The van der Waals surface area contributed by atoms with E-state index in [1.54, 1.807) is 6.07 Å². The monoisotopic (exact) mass is 302 g/mol. The Bertz CT molecular complexity index is 786. The van der Waals surface area contributed by atoms with Crippen molar-refractivity contribution in [2.45, 2.75) is 19.8 Å². The molecule has 0 N–H and O–H groups in total. The topological polar surface area (TPSA) is 17.1 Å². The molecule has 22 heavy (non-hydrogen) atoms. The Morgan fingerprint density at radius 2 is 1.64 bits per heavy atom. The highest BCUT2D eigenvalue weighted by Gasteiger charge is 2.27. The van der Waals surface area contributed by atoms with Gasteiger partial charge in [-0.05, 0) is 48.2 Å². The number of fused-ring (bicyclic) bond motifs is 1. The molecule has 1 aliphatic carbocycles. The Hall–Kier alpha value is -2.36. The molecule has 0 saturated heterocycles. The smallest absolute Gasteiger partial charge is 0.193 e. The van der Waals surface area contributed by atoms with Crippen LogP contribution in [0.4, 0.5) is 13.2 Å². The van der Waals surface area contributed by atoms with Crippen LogP contribution in [0.25, 0.3) is 5.57 Å². The van der Waals surface area contributed by atoms with Crippen LogP contribution in [-0.4, -0.2) is 5.78 Å². The number of Topliss-reactive ketones (excluding diaryl/α,β-unsaturated/α-hetero) is 1. The van der Waals surface area contributed by atoms with Crippen molar-refractivity contribution in [2.24, 2.45) is 0 Å². The van der Waals surface area contributed by atoms with E-state index in [0.717, 1.165) is 29.3 Å². The molecule has 0 saturated carbocycles. The summed E-state index contributed by atoms with van der Waals surface area (Å²) in [4.78, 5) is 12.7. The minimum absolute atomic E-state index is 0.203. The van der Waals surface area contributed by atoms with Crippen LogP contribution >= 0.6 is 0 Å². The van der Waals surface area contributed by atoms with Gasteiger partial charge in [0, 0.05) is 17.2 Å². The third kappa shape index (κ3) is 2.45. The second-order valence-electron chi connectivity index (χ2n) is 5.30. The summed E-state index contributed by atoms with van der Waals surface area (Å²) < 4.78 is 40.4. The van der Waals surface area contributed by atoms with Gasteiger partial charge in [-0.1, -0.05) is 18.6 Å². The van der Waals surface area contributed by atoms with Gasteiger partial charge < -0.3 is 0 Å². The van der Waals surface area contributed by atoms with Crippen LogP contribution in [0.1, 0.15) is 34.8 Å². The molecule has 0 heterocycles. The van der Waals surface area contributed by atoms with Crippen molar-refractivity contribution in [2.75, 3.05) is 0 Å². The average molecular weight is 302 g/mol. The summed E-state index contributed by atoms with van der Waals surface area (Å²) >= 11 is 0. The van der Waals surface area contributed by atoms with Crippen molar-refractivity contribution < 1.29 is 18.0 Å². The summed E-state index contributed by atoms with van der Waals surface area (Å²) in [7, 11) is 0. The molecular formula is C18H13F3O. The summed E-state index contributed by atoms with van der Waals surface area (Å²) in [5, 5.41) is 0. The molecule has 0 radical (unpaired) electrons. The van der Waals surface area contributed by atoms with E-state index < -0.39 is 17.5 Å². The fourth-order valence-corrected chi connectivity index (χ4v) is 2.86. The number of ketones is 1. The van der Waals surface area contributed by atoms with Gasteiger partial charge in [-0.2, -0.15) is 0 Å². The van der Waals surface area contributed by atoms with Gasteiger partial charge in [-0.3, -0.25) is 4.79 Å².